The molecule has 16 heteroatoms. The van der Waals surface area contributed by atoms with Gasteiger partial charge in [0.1, 0.15) is 18.7 Å². The maximum atomic E-state index is 14.0. The van der Waals surface area contributed by atoms with Crippen molar-refractivity contribution in [3.63, 3.8) is 0 Å². The third-order valence-electron chi connectivity index (χ3n) is 10.2. The van der Waals surface area contributed by atoms with Crippen molar-refractivity contribution in [2.24, 2.45) is 5.41 Å². The van der Waals surface area contributed by atoms with Gasteiger partial charge in [-0.3, -0.25) is 24.1 Å². The number of aliphatic hydroxyl groups excluding tert-OH is 1. The first kappa shape index (κ1) is 42.1. The summed E-state index contributed by atoms with van der Waals surface area (Å²) in [5.41, 5.74) is 5.29. The molecule has 0 radical (unpaired) electrons. The second kappa shape index (κ2) is 18.7. The molecule has 2 fully saturated rings. The zero-order chi connectivity index (χ0) is 40.6. The molecule has 0 aliphatic carbocycles. The first-order chi connectivity index (χ1) is 26.6. The minimum Gasteiger partial charge on any atom is -0.448 e. The standard InChI is InChI=1S/C40H54N8O7S/c1-25(27-7-9-28(10-8-27)34-26(2)43-24-56-34)44-37(52)32-21-31(49)23-48(32)38(53)35(40(3,4)5)45-33(50)22-42-36(51)29-11-13-30(14-12-29)47-17-15-46(16-18-47)19-20-55-39(54)41-6/h7-14,24-25,31-32,35,49H,15-23H2,1-6H3,(H,41,54)(H,42,51)(H,44,52)(H,45,50)/t25-,31+,32-,35+/m0/s1. The van der Waals surface area contributed by atoms with Crippen molar-refractivity contribution in [3.8, 4) is 10.4 Å². The summed E-state index contributed by atoms with van der Waals surface area (Å²) < 4.78 is 5.08. The van der Waals surface area contributed by atoms with Gasteiger partial charge >= 0.3 is 6.09 Å². The molecule has 5 amide bonds. The molecule has 4 atom stereocenters. The molecule has 3 aromatic rings. The van der Waals surface area contributed by atoms with E-state index in [1.807, 2.05) is 55.8 Å². The highest BCUT2D eigenvalue weighted by atomic mass is 32.1. The number of ether oxygens (including phenoxy) is 1. The predicted octanol–water partition coefficient (Wildman–Crippen LogP) is 2.70. The number of nitrogens with one attached hydrogen (secondary N) is 4. The molecule has 56 heavy (non-hydrogen) atoms. The van der Waals surface area contributed by atoms with Gasteiger partial charge in [-0.2, -0.15) is 0 Å². The van der Waals surface area contributed by atoms with Crippen molar-refractivity contribution in [2.75, 3.05) is 64.4 Å². The normalized spacial score (nSPS) is 18.5. The highest BCUT2D eigenvalue weighted by Gasteiger charge is 2.44. The number of anilines is 1. The summed E-state index contributed by atoms with van der Waals surface area (Å²) >= 11 is 1.57. The molecule has 0 bridgehead atoms. The van der Waals surface area contributed by atoms with E-state index >= 15 is 0 Å². The Morgan fingerprint density at radius 3 is 2.27 bits per heavy atom. The van der Waals surface area contributed by atoms with Crippen LogP contribution in [0.15, 0.2) is 54.0 Å². The van der Waals surface area contributed by atoms with Gasteiger partial charge in [0.15, 0.2) is 0 Å². The minimum atomic E-state index is -1.03. The van der Waals surface area contributed by atoms with Crippen LogP contribution in [0.3, 0.4) is 0 Å². The number of carbonyl (C=O) groups is 5. The fourth-order valence-electron chi connectivity index (χ4n) is 6.88. The summed E-state index contributed by atoms with van der Waals surface area (Å²) in [5, 5.41) is 21.5. The number of β-amino-alcohol motifs (C(OH)–C–C–N with tert-alkyl or cyclic N) is 1. The molecule has 5 rings (SSSR count). The maximum absolute atomic E-state index is 14.0. The number of aryl methyl sites for hydroxylation is 1. The van der Waals surface area contributed by atoms with Crippen molar-refractivity contribution in [3.05, 3.63) is 70.9 Å². The summed E-state index contributed by atoms with van der Waals surface area (Å²) in [7, 11) is 1.52. The third-order valence-corrected chi connectivity index (χ3v) is 11.2. The number of nitrogens with zero attached hydrogens (tertiary/aromatic N) is 4. The summed E-state index contributed by atoms with van der Waals surface area (Å²) in [6.07, 6.45) is -1.28. The number of alkyl carbamates (subject to hydrolysis) is 1. The molecule has 1 aromatic heterocycles. The van der Waals surface area contributed by atoms with Crippen molar-refractivity contribution in [2.45, 2.75) is 65.3 Å². The van der Waals surface area contributed by atoms with Crippen LogP contribution < -0.4 is 26.2 Å². The molecular formula is C40H54N8O7S. The van der Waals surface area contributed by atoms with Gasteiger partial charge in [0.25, 0.3) is 5.91 Å². The van der Waals surface area contributed by atoms with E-state index in [-0.39, 0.29) is 25.6 Å². The Labute approximate surface area is 332 Å². The van der Waals surface area contributed by atoms with E-state index in [1.54, 1.807) is 44.2 Å². The lowest BCUT2D eigenvalue weighted by Crippen LogP contribution is -2.58. The van der Waals surface area contributed by atoms with Crippen molar-refractivity contribution in [1.82, 2.24) is 36.1 Å². The summed E-state index contributed by atoms with van der Waals surface area (Å²) in [6.45, 7) is 13.0. The van der Waals surface area contributed by atoms with Gasteiger partial charge in [0.2, 0.25) is 17.7 Å². The van der Waals surface area contributed by atoms with Gasteiger partial charge in [-0.25, -0.2) is 9.78 Å². The minimum absolute atomic E-state index is 0.0485. The number of piperazine rings is 1. The Kier molecular flexibility index (Phi) is 14.1. The fraction of sp³-hybridized carbons (Fsp3) is 0.500. The summed E-state index contributed by atoms with van der Waals surface area (Å²) in [5.74, 6) is -1.88. The topological polar surface area (TPSA) is 186 Å². The Balaban J connectivity index is 1.12. The largest absolute Gasteiger partial charge is 0.448 e. The van der Waals surface area contributed by atoms with Crippen LogP contribution in [0.25, 0.3) is 10.4 Å². The first-order valence-electron chi connectivity index (χ1n) is 18.9. The fourth-order valence-corrected chi connectivity index (χ4v) is 7.69. The number of carbonyl (C=O) groups excluding carboxylic acids is 5. The van der Waals surface area contributed by atoms with Gasteiger partial charge in [-0.05, 0) is 54.7 Å². The van der Waals surface area contributed by atoms with Crippen LogP contribution in [0.4, 0.5) is 10.5 Å². The van der Waals surface area contributed by atoms with E-state index in [9.17, 15) is 29.1 Å². The third kappa shape index (κ3) is 10.8. The SMILES string of the molecule is CNC(=O)OCCN1CCN(c2ccc(C(=O)NCC(=O)N[C@H](C(=O)N3C[C@H](O)C[C@H]3C(=O)N[C@@H](C)c3ccc(-c4scnc4C)cc3)C(C)(C)C)cc2)CC1. The van der Waals surface area contributed by atoms with Crippen molar-refractivity contribution >= 4 is 46.7 Å². The molecule has 0 spiro atoms. The number of hydrogen-bond acceptors (Lipinski definition) is 11. The Bertz CT molecular complexity index is 1840. The molecule has 2 saturated heterocycles. The first-order valence-corrected chi connectivity index (χ1v) is 19.8. The number of amides is 5. The lowest BCUT2D eigenvalue weighted by Gasteiger charge is -2.36. The Morgan fingerprint density at radius 2 is 1.66 bits per heavy atom. The Morgan fingerprint density at radius 1 is 0.982 bits per heavy atom. The number of aromatic nitrogens is 1. The Hall–Kier alpha value is -5.06. The molecule has 15 nitrogen and oxygen atoms in total. The molecule has 302 valence electrons. The average molecular weight is 791 g/mol. The van der Waals surface area contributed by atoms with Crippen LogP contribution in [0.1, 0.15) is 61.8 Å². The van der Waals surface area contributed by atoms with Crippen LogP contribution in [0.5, 0.6) is 0 Å². The van der Waals surface area contributed by atoms with Gasteiger partial charge in [0, 0.05) is 64.0 Å². The van der Waals surface area contributed by atoms with E-state index < -0.39 is 53.3 Å². The molecule has 0 saturated carbocycles. The molecule has 3 heterocycles. The number of rotatable bonds is 13. The van der Waals surface area contributed by atoms with E-state index in [0.717, 1.165) is 53.6 Å². The summed E-state index contributed by atoms with van der Waals surface area (Å²) in [4.78, 5) is 76.3. The number of likely N-dealkylation sites (tertiary alicyclic amines) is 1. The van der Waals surface area contributed by atoms with Gasteiger partial charge in [-0.15, -0.1) is 11.3 Å². The average Bonchev–Trinajstić information content (AvgIpc) is 3.80. The maximum Gasteiger partial charge on any atom is 0.406 e. The highest BCUT2D eigenvalue weighted by Crippen LogP contribution is 2.29. The van der Waals surface area contributed by atoms with E-state index in [4.69, 9.17) is 4.74 Å². The van der Waals surface area contributed by atoms with Gasteiger partial charge in [-0.1, -0.05) is 45.0 Å². The number of hydrogen-bond donors (Lipinski definition) is 5. The second-order valence-electron chi connectivity index (χ2n) is 15.3. The monoisotopic (exact) mass is 790 g/mol. The lowest BCUT2D eigenvalue weighted by atomic mass is 9.85. The second-order valence-corrected chi connectivity index (χ2v) is 16.2. The van der Waals surface area contributed by atoms with Crippen LogP contribution in [0.2, 0.25) is 0 Å². The van der Waals surface area contributed by atoms with Crippen LogP contribution in [-0.4, -0.2) is 127 Å². The molecule has 5 N–H and O–H groups in total. The zero-order valence-electron chi connectivity index (χ0n) is 33.0. The quantitative estimate of drug-likeness (QED) is 0.173. The predicted molar refractivity (Wildman–Crippen MR) is 214 cm³/mol. The molecule has 2 aliphatic heterocycles. The zero-order valence-corrected chi connectivity index (χ0v) is 33.8. The van der Waals surface area contributed by atoms with Crippen molar-refractivity contribution < 1.29 is 33.8 Å². The van der Waals surface area contributed by atoms with Gasteiger partial charge in [0.05, 0.1) is 34.8 Å². The number of benzene rings is 2. The van der Waals surface area contributed by atoms with E-state index in [2.05, 4.69) is 36.1 Å². The lowest BCUT2D eigenvalue weighted by molar-refractivity contribution is -0.144. The number of aliphatic hydroxyl groups is 1. The van der Waals surface area contributed by atoms with E-state index in [1.165, 1.54) is 11.9 Å². The van der Waals surface area contributed by atoms with E-state index in [0.29, 0.717) is 18.7 Å². The van der Waals surface area contributed by atoms with Crippen LogP contribution in [0, 0.1) is 12.3 Å². The molecule has 2 aliphatic rings. The molecule has 2 aromatic carbocycles. The number of thiazole rings is 1. The van der Waals surface area contributed by atoms with Crippen molar-refractivity contribution in [1.29, 1.82) is 0 Å². The van der Waals surface area contributed by atoms with Crippen LogP contribution in [-0.2, 0) is 19.1 Å². The van der Waals surface area contributed by atoms with Crippen LogP contribution >= 0.6 is 11.3 Å². The molecule has 0 unspecified atom stereocenters. The smallest absolute Gasteiger partial charge is 0.406 e. The summed E-state index contributed by atoms with van der Waals surface area (Å²) in [6, 6.07) is 12.7. The van der Waals surface area contributed by atoms with Gasteiger partial charge < -0.3 is 40.9 Å². The highest BCUT2D eigenvalue weighted by molar-refractivity contribution is 7.13. The molecular weight excluding hydrogens is 737 g/mol.